The molecular weight excluding hydrogens is 373 g/mol. The Labute approximate surface area is 170 Å². The Morgan fingerprint density at radius 1 is 1.31 bits per heavy atom. The molecule has 2 aliphatic heterocycles. The van der Waals surface area contributed by atoms with Crippen LogP contribution in [0.15, 0.2) is 48.8 Å². The van der Waals surface area contributed by atoms with Gasteiger partial charge in [-0.1, -0.05) is 0 Å². The van der Waals surface area contributed by atoms with E-state index in [0.29, 0.717) is 25.4 Å². The quantitative estimate of drug-likeness (QED) is 0.774. The highest BCUT2D eigenvalue weighted by molar-refractivity contribution is 5.77. The van der Waals surface area contributed by atoms with Gasteiger partial charge in [0.05, 0.1) is 24.4 Å². The number of anilines is 1. The summed E-state index contributed by atoms with van der Waals surface area (Å²) in [5.74, 6) is 0.354. The molecule has 0 bridgehead atoms. The normalized spacial score (nSPS) is 20.6. The number of benzene rings is 1. The predicted octanol–water partition coefficient (Wildman–Crippen LogP) is 2.89. The third-order valence-electron chi connectivity index (χ3n) is 6.00. The third kappa shape index (κ3) is 4.50. The van der Waals surface area contributed by atoms with Crippen molar-refractivity contribution in [3.63, 3.8) is 0 Å². The Morgan fingerprint density at radius 3 is 2.76 bits per heavy atom. The Kier molecular flexibility index (Phi) is 5.67. The number of ether oxygens (including phenoxy) is 2. The van der Waals surface area contributed by atoms with Gasteiger partial charge in [0, 0.05) is 32.0 Å². The van der Waals surface area contributed by atoms with Gasteiger partial charge in [0.15, 0.2) is 6.61 Å². The number of likely N-dealkylation sites (N-methyl/N-ethyl adjacent to an activating group) is 1. The van der Waals surface area contributed by atoms with Crippen LogP contribution in [-0.4, -0.2) is 60.8 Å². The first-order valence-corrected chi connectivity index (χ1v) is 9.98. The number of hydrogen-bond donors (Lipinski definition) is 0. The van der Waals surface area contributed by atoms with E-state index >= 15 is 0 Å². The molecule has 2 aromatic rings. The molecule has 1 aromatic carbocycles. The maximum absolute atomic E-state index is 13.2. The zero-order valence-electron chi connectivity index (χ0n) is 16.6. The van der Waals surface area contributed by atoms with E-state index in [-0.39, 0.29) is 30.0 Å². The van der Waals surface area contributed by atoms with Crippen LogP contribution in [0.3, 0.4) is 0 Å². The van der Waals surface area contributed by atoms with Crippen molar-refractivity contribution in [1.29, 1.82) is 0 Å². The third-order valence-corrected chi connectivity index (χ3v) is 6.00. The maximum atomic E-state index is 13.2. The van der Waals surface area contributed by atoms with Crippen LogP contribution < -0.4 is 9.64 Å². The molecule has 3 heterocycles. The second kappa shape index (κ2) is 8.37. The number of pyridine rings is 1. The van der Waals surface area contributed by atoms with Crippen LogP contribution in [0.4, 0.5) is 10.1 Å². The molecule has 0 radical (unpaired) electrons. The number of piperidine rings is 1. The number of hydrogen-bond acceptors (Lipinski definition) is 5. The van der Waals surface area contributed by atoms with Crippen molar-refractivity contribution in [3.8, 4) is 5.75 Å². The maximum Gasteiger partial charge on any atom is 0.260 e. The lowest BCUT2D eigenvalue weighted by Crippen LogP contribution is -2.48. The fourth-order valence-corrected chi connectivity index (χ4v) is 4.14. The van der Waals surface area contributed by atoms with Crippen molar-refractivity contribution >= 4 is 11.6 Å². The highest BCUT2D eigenvalue weighted by atomic mass is 19.1. The minimum absolute atomic E-state index is 0.0123. The fourth-order valence-electron chi connectivity index (χ4n) is 4.14. The van der Waals surface area contributed by atoms with Gasteiger partial charge in [0.25, 0.3) is 5.91 Å². The molecule has 1 atom stereocenters. The van der Waals surface area contributed by atoms with E-state index in [2.05, 4.69) is 9.88 Å². The van der Waals surface area contributed by atoms with E-state index in [9.17, 15) is 9.18 Å². The molecule has 2 aliphatic rings. The average Bonchev–Trinajstić information content (AvgIpc) is 3.17. The number of likely N-dealkylation sites (tertiary alicyclic amines) is 1. The first-order chi connectivity index (χ1) is 14.0. The second-order valence-corrected chi connectivity index (χ2v) is 7.80. The summed E-state index contributed by atoms with van der Waals surface area (Å²) in [6.45, 7) is 2.01. The van der Waals surface area contributed by atoms with Gasteiger partial charge in [0.1, 0.15) is 11.6 Å². The molecule has 2 saturated heterocycles. The number of amides is 1. The summed E-state index contributed by atoms with van der Waals surface area (Å²) in [5, 5.41) is 0. The zero-order valence-corrected chi connectivity index (χ0v) is 16.6. The van der Waals surface area contributed by atoms with Crippen LogP contribution in [0.1, 0.15) is 19.3 Å². The summed E-state index contributed by atoms with van der Waals surface area (Å²) >= 11 is 0. The molecule has 0 saturated carbocycles. The molecule has 0 aliphatic carbocycles. The van der Waals surface area contributed by atoms with E-state index in [1.54, 1.807) is 36.7 Å². The van der Waals surface area contributed by atoms with Crippen molar-refractivity contribution < 1.29 is 18.7 Å². The van der Waals surface area contributed by atoms with Gasteiger partial charge in [-0.25, -0.2) is 4.39 Å². The van der Waals surface area contributed by atoms with E-state index < -0.39 is 0 Å². The number of halogens is 1. The lowest BCUT2D eigenvalue weighted by atomic mass is 9.87. The molecule has 0 unspecified atom stereocenters. The smallest absolute Gasteiger partial charge is 0.260 e. The Hall–Kier alpha value is -2.67. The van der Waals surface area contributed by atoms with Crippen molar-refractivity contribution in [2.24, 2.45) is 0 Å². The number of carbonyl (C=O) groups excluding carboxylic acids is 1. The van der Waals surface area contributed by atoms with Crippen molar-refractivity contribution in [1.82, 2.24) is 9.88 Å². The lowest BCUT2D eigenvalue weighted by molar-refractivity contribution is -0.138. The number of aromatic nitrogens is 1. The van der Waals surface area contributed by atoms with Crippen molar-refractivity contribution in [3.05, 3.63) is 54.6 Å². The molecule has 1 spiro atoms. The van der Waals surface area contributed by atoms with E-state index in [1.807, 2.05) is 11.9 Å². The summed E-state index contributed by atoms with van der Waals surface area (Å²) in [6.07, 6.45) is 5.82. The second-order valence-electron chi connectivity index (χ2n) is 7.80. The van der Waals surface area contributed by atoms with Gasteiger partial charge < -0.3 is 19.3 Å². The molecule has 0 N–H and O–H groups in total. The van der Waals surface area contributed by atoms with Crippen LogP contribution in [0, 0.1) is 5.82 Å². The van der Waals surface area contributed by atoms with Crippen LogP contribution in [0.25, 0.3) is 0 Å². The summed E-state index contributed by atoms with van der Waals surface area (Å²) in [7, 11) is 2.02. The van der Waals surface area contributed by atoms with Gasteiger partial charge in [-0.3, -0.25) is 9.78 Å². The van der Waals surface area contributed by atoms with Gasteiger partial charge in [-0.15, -0.1) is 0 Å². The fraction of sp³-hybridized carbons (Fsp3) is 0.455. The lowest BCUT2D eigenvalue weighted by Gasteiger charge is -2.39. The van der Waals surface area contributed by atoms with Crippen molar-refractivity contribution in [2.75, 3.05) is 38.3 Å². The molecule has 1 aromatic heterocycles. The summed E-state index contributed by atoms with van der Waals surface area (Å²) in [4.78, 5) is 20.5. The van der Waals surface area contributed by atoms with Crippen LogP contribution in [0.5, 0.6) is 5.75 Å². The minimum atomic E-state index is -0.231. The van der Waals surface area contributed by atoms with Gasteiger partial charge >= 0.3 is 0 Å². The van der Waals surface area contributed by atoms with E-state index in [1.165, 1.54) is 12.1 Å². The summed E-state index contributed by atoms with van der Waals surface area (Å²) < 4.78 is 24.9. The summed E-state index contributed by atoms with van der Waals surface area (Å²) in [6, 6.07) is 10.4. The Morgan fingerprint density at radius 2 is 2.07 bits per heavy atom. The highest BCUT2D eigenvalue weighted by Gasteiger charge is 2.44. The first kappa shape index (κ1) is 19.6. The molecular formula is C22H26FN3O3. The number of carbonyl (C=O) groups is 1. The molecule has 2 fully saturated rings. The monoisotopic (exact) mass is 399 g/mol. The standard InChI is InChI=1S/C22H26FN3O3/c1-25(18-6-4-17(23)5-7-18)19-13-22(29-15-19)8-11-26(12-9-22)21(27)16-28-20-3-2-10-24-14-20/h2-7,10,14,19H,8-9,11-13,15-16H2,1H3/t19-/m0/s1. The van der Waals surface area contributed by atoms with E-state index in [0.717, 1.165) is 24.9 Å². The van der Waals surface area contributed by atoms with Gasteiger partial charge in [0.2, 0.25) is 0 Å². The van der Waals surface area contributed by atoms with Gasteiger partial charge in [-0.05, 0) is 55.7 Å². The van der Waals surface area contributed by atoms with Crippen LogP contribution in [0.2, 0.25) is 0 Å². The zero-order chi connectivity index (χ0) is 20.3. The van der Waals surface area contributed by atoms with Gasteiger partial charge in [-0.2, -0.15) is 0 Å². The largest absolute Gasteiger partial charge is 0.482 e. The predicted molar refractivity (Wildman–Crippen MR) is 107 cm³/mol. The molecule has 154 valence electrons. The molecule has 1 amide bonds. The Balaban J connectivity index is 1.27. The molecule has 7 heteroatoms. The van der Waals surface area contributed by atoms with E-state index in [4.69, 9.17) is 9.47 Å². The molecule has 4 rings (SSSR count). The SMILES string of the molecule is CN(c1ccc(F)cc1)[C@@H]1COC2(CCN(C(=O)COc3cccnc3)CC2)C1. The molecule has 29 heavy (non-hydrogen) atoms. The average molecular weight is 399 g/mol. The topological polar surface area (TPSA) is 54.9 Å². The van der Waals surface area contributed by atoms with Crippen LogP contribution >= 0.6 is 0 Å². The van der Waals surface area contributed by atoms with Crippen molar-refractivity contribution in [2.45, 2.75) is 30.9 Å². The van der Waals surface area contributed by atoms with Crippen LogP contribution in [-0.2, 0) is 9.53 Å². The first-order valence-electron chi connectivity index (χ1n) is 9.98. The highest BCUT2D eigenvalue weighted by Crippen LogP contribution is 2.38. The Bertz CT molecular complexity index is 823. The number of nitrogens with zero attached hydrogens (tertiary/aromatic N) is 3. The molecule has 6 nitrogen and oxygen atoms in total. The number of rotatable bonds is 5. The minimum Gasteiger partial charge on any atom is -0.482 e. The summed E-state index contributed by atoms with van der Waals surface area (Å²) in [5.41, 5.74) is 0.803.